The Hall–Kier alpha value is -0.790. The lowest BCUT2D eigenvalue weighted by Crippen LogP contribution is -3.00. The molecular formula is C32H56BrF3N2O. The Bertz CT molecular complexity index is 724. The fraction of sp³-hybridized carbons (Fsp3) is 0.812. The van der Waals surface area contributed by atoms with Gasteiger partial charge in [0.2, 0.25) is 0 Å². The molecule has 228 valence electrons. The Morgan fingerprint density at radius 2 is 1.23 bits per heavy atom. The van der Waals surface area contributed by atoms with E-state index in [9.17, 15) is 13.2 Å². The molecule has 0 unspecified atom stereocenters. The first-order valence-electron chi connectivity index (χ1n) is 15.8. The van der Waals surface area contributed by atoms with Crippen molar-refractivity contribution in [3.63, 3.8) is 0 Å². The van der Waals surface area contributed by atoms with Gasteiger partial charge in [-0.3, -0.25) is 4.90 Å². The van der Waals surface area contributed by atoms with Gasteiger partial charge in [0.05, 0.1) is 19.6 Å². The lowest BCUT2D eigenvalue weighted by atomic mass is 10.0. The second kappa shape index (κ2) is 21.0. The van der Waals surface area contributed by atoms with E-state index in [-0.39, 0.29) is 22.7 Å². The summed E-state index contributed by atoms with van der Waals surface area (Å²) in [5, 5.41) is 0. The summed E-state index contributed by atoms with van der Waals surface area (Å²) < 4.78 is 42.8. The van der Waals surface area contributed by atoms with Crippen molar-refractivity contribution in [3.05, 3.63) is 29.8 Å². The number of piperazine rings is 1. The number of unbranched alkanes of at least 4 members (excludes halogenated alkanes) is 15. The second-order valence-corrected chi connectivity index (χ2v) is 11.6. The van der Waals surface area contributed by atoms with Crippen LogP contribution in [0.5, 0.6) is 5.75 Å². The number of nitrogens with zero attached hydrogens (tertiary/aromatic N) is 2. The first kappa shape index (κ1) is 36.2. The van der Waals surface area contributed by atoms with Gasteiger partial charge >= 0.3 is 6.36 Å². The van der Waals surface area contributed by atoms with Gasteiger partial charge in [-0.05, 0) is 32.0 Å². The highest BCUT2D eigenvalue weighted by molar-refractivity contribution is 5.28. The zero-order valence-electron chi connectivity index (χ0n) is 24.9. The van der Waals surface area contributed by atoms with Crippen molar-refractivity contribution >= 4 is 0 Å². The smallest absolute Gasteiger partial charge is 0.573 e. The summed E-state index contributed by atoms with van der Waals surface area (Å²) in [5.41, 5.74) is 0.917. The molecule has 7 heteroatoms. The molecule has 0 spiro atoms. The highest BCUT2D eigenvalue weighted by Gasteiger charge is 2.33. The molecule has 0 saturated carbocycles. The van der Waals surface area contributed by atoms with E-state index in [0.717, 1.165) is 49.3 Å². The maximum atomic E-state index is 12.6. The minimum absolute atomic E-state index is 0. The molecule has 0 radical (unpaired) electrons. The number of rotatable bonds is 21. The van der Waals surface area contributed by atoms with Crippen LogP contribution in [0.25, 0.3) is 0 Å². The molecule has 1 fully saturated rings. The molecule has 0 aromatic heterocycles. The Morgan fingerprint density at radius 3 is 1.69 bits per heavy atom. The van der Waals surface area contributed by atoms with Crippen molar-refractivity contribution in [3.8, 4) is 5.75 Å². The van der Waals surface area contributed by atoms with Gasteiger partial charge in [-0.1, -0.05) is 115 Å². The Kier molecular flexibility index (Phi) is 19.5. The number of hydrogen-bond donors (Lipinski definition) is 0. The van der Waals surface area contributed by atoms with Gasteiger partial charge < -0.3 is 26.2 Å². The summed E-state index contributed by atoms with van der Waals surface area (Å²) in [6.45, 7) is 11.7. The van der Waals surface area contributed by atoms with Crippen LogP contribution in [-0.2, 0) is 6.54 Å². The van der Waals surface area contributed by atoms with Crippen molar-refractivity contribution < 1.29 is 39.4 Å². The van der Waals surface area contributed by atoms with E-state index in [4.69, 9.17) is 0 Å². The first-order chi connectivity index (χ1) is 18.4. The van der Waals surface area contributed by atoms with Crippen molar-refractivity contribution in [2.24, 2.45) is 0 Å². The molecule has 0 aliphatic carbocycles. The summed E-state index contributed by atoms with van der Waals surface area (Å²) in [6.07, 6.45) is 17.7. The second-order valence-electron chi connectivity index (χ2n) is 11.6. The molecule has 0 N–H and O–H groups in total. The maximum absolute atomic E-state index is 12.6. The van der Waals surface area contributed by atoms with E-state index in [2.05, 4.69) is 23.5 Å². The van der Waals surface area contributed by atoms with Crippen LogP contribution in [0.4, 0.5) is 13.2 Å². The summed E-state index contributed by atoms with van der Waals surface area (Å²) >= 11 is 0. The Labute approximate surface area is 248 Å². The van der Waals surface area contributed by atoms with Gasteiger partial charge in [0.1, 0.15) is 12.3 Å². The third-order valence-corrected chi connectivity index (χ3v) is 8.43. The van der Waals surface area contributed by atoms with Crippen LogP contribution in [0.2, 0.25) is 0 Å². The summed E-state index contributed by atoms with van der Waals surface area (Å²) in [4.78, 5) is 2.58. The molecule has 39 heavy (non-hydrogen) atoms. The number of alkyl halides is 3. The molecule has 0 bridgehead atoms. The van der Waals surface area contributed by atoms with Crippen molar-refractivity contribution in [2.45, 2.75) is 129 Å². The van der Waals surface area contributed by atoms with Gasteiger partial charge in [0.25, 0.3) is 0 Å². The van der Waals surface area contributed by atoms with E-state index >= 15 is 0 Å². The van der Waals surface area contributed by atoms with E-state index in [1.807, 2.05) is 6.07 Å². The quantitative estimate of drug-likeness (QED) is 0.115. The standard InChI is InChI=1S/C32H56F3N2O.BrH/c1-3-5-6-7-8-9-10-11-12-13-14-15-16-17-18-19-23-36-24-26-37(4-2,27-25-36)29-30-21-20-22-31(28-30)38-32(33,34)35;/h20-22,28H,3-19,23-27,29H2,1-2H3;1H/q+1;/p-1. The number of benzene rings is 1. The first-order valence-corrected chi connectivity index (χ1v) is 15.8. The van der Waals surface area contributed by atoms with Crippen LogP contribution >= 0.6 is 0 Å². The monoisotopic (exact) mass is 620 g/mol. The van der Waals surface area contributed by atoms with E-state index < -0.39 is 6.36 Å². The number of hydrogen-bond acceptors (Lipinski definition) is 2. The fourth-order valence-electron chi connectivity index (χ4n) is 5.85. The number of ether oxygens (including phenoxy) is 1. The van der Waals surface area contributed by atoms with Crippen molar-refractivity contribution in [1.82, 2.24) is 4.90 Å². The molecule has 1 aliphatic rings. The largest absolute Gasteiger partial charge is 1.00 e. The molecule has 1 aromatic carbocycles. The van der Waals surface area contributed by atoms with E-state index in [1.54, 1.807) is 12.1 Å². The van der Waals surface area contributed by atoms with Gasteiger partial charge in [0.15, 0.2) is 0 Å². The maximum Gasteiger partial charge on any atom is 0.573 e. The number of halogens is 4. The lowest BCUT2D eigenvalue weighted by Gasteiger charge is -2.44. The highest BCUT2D eigenvalue weighted by Crippen LogP contribution is 2.26. The SMILES string of the molecule is CCCCCCCCCCCCCCCCCCN1CC[N+](CC)(Cc2cccc(OC(F)(F)F)c2)CC1.[Br-]. The summed E-state index contributed by atoms with van der Waals surface area (Å²) in [6, 6.07) is 6.51. The van der Waals surface area contributed by atoms with Crippen molar-refractivity contribution in [1.29, 1.82) is 0 Å². The Morgan fingerprint density at radius 1 is 0.744 bits per heavy atom. The summed E-state index contributed by atoms with van der Waals surface area (Å²) in [7, 11) is 0. The van der Waals surface area contributed by atoms with Crippen LogP contribution in [0, 0.1) is 0 Å². The average Bonchev–Trinajstić information content (AvgIpc) is 2.88. The molecular weight excluding hydrogens is 565 g/mol. The van der Waals surface area contributed by atoms with Crippen LogP contribution in [0.3, 0.4) is 0 Å². The van der Waals surface area contributed by atoms with Crippen LogP contribution in [0.15, 0.2) is 24.3 Å². The van der Waals surface area contributed by atoms with Crippen LogP contribution < -0.4 is 21.7 Å². The predicted molar refractivity (Wildman–Crippen MR) is 153 cm³/mol. The molecule has 0 amide bonds. The van der Waals surface area contributed by atoms with Gasteiger partial charge in [-0.25, -0.2) is 0 Å². The number of quaternary nitrogens is 1. The zero-order valence-corrected chi connectivity index (χ0v) is 26.5. The molecule has 3 nitrogen and oxygen atoms in total. The topological polar surface area (TPSA) is 12.5 Å². The molecule has 1 saturated heterocycles. The molecule has 1 aromatic rings. The predicted octanol–water partition coefficient (Wildman–Crippen LogP) is 6.50. The van der Waals surface area contributed by atoms with E-state index in [1.165, 1.54) is 115 Å². The minimum Gasteiger partial charge on any atom is -1.00 e. The summed E-state index contributed by atoms with van der Waals surface area (Å²) in [5.74, 6) is -0.119. The van der Waals surface area contributed by atoms with E-state index in [0.29, 0.717) is 0 Å². The minimum atomic E-state index is -4.64. The van der Waals surface area contributed by atoms with Gasteiger partial charge in [-0.15, -0.1) is 13.2 Å². The Balaban J connectivity index is 0.00000760. The van der Waals surface area contributed by atoms with Gasteiger partial charge in [-0.2, -0.15) is 0 Å². The highest BCUT2D eigenvalue weighted by atomic mass is 79.9. The zero-order chi connectivity index (χ0) is 27.5. The normalized spacial score (nSPS) is 15.7. The average molecular weight is 622 g/mol. The molecule has 1 aliphatic heterocycles. The molecule has 0 atom stereocenters. The fourth-order valence-corrected chi connectivity index (χ4v) is 5.85. The molecule has 1 heterocycles. The molecule has 2 rings (SSSR count). The number of likely N-dealkylation sites (N-methyl/N-ethyl adjacent to an activating group) is 1. The van der Waals surface area contributed by atoms with Crippen LogP contribution in [0.1, 0.15) is 122 Å². The third kappa shape index (κ3) is 16.9. The van der Waals surface area contributed by atoms with Gasteiger partial charge in [0, 0.05) is 18.7 Å². The van der Waals surface area contributed by atoms with Crippen molar-refractivity contribution in [2.75, 3.05) is 39.3 Å². The van der Waals surface area contributed by atoms with Crippen LogP contribution in [-0.4, -0.2) is 55.0 Å². The lowest BCUT2D eigenvalue weighted by molar-refractivity contribution is -0.943. The third-order valence-electron chi connectivity index (χ3n) is 8.43.